The Morgan fingerprint density at radius 1 is 1.55 bits per heavy atom. The van der Waals surface area contributed by atoms with Gasteiger partial charge in [-0.1, -0.05) is 0 Å². The fourth-order valence-corrected chi connectivity index (χ4v) is 0.751. The molecule has 0 spiro atoms. The number of hydrogen-bond donors (Lipinski definition) is 1. The van der Waals surface area contributed by atoms with E-state index >= 15 is 0 Å². The molecule has 1 aromatic rings. The third kappa shape index (κ3) is 1.95. The van der Waals surface area contributed by atoms with Gasteiger partial charge in [0.05, 0.1) is 0 Å². The smallest absolute Gasteiger partial charge is 0.537 e. The topological polar surface area (TPSA) is 29.5 Å². The fraction of sp³-hybridized carbons (Fsp3) is 0.143. The molecule has 57 valence electrons. The predicted molar refractivity (Wildman–Crippen MR) is 39.7 cm³/mol. The molecular weight excluding hydrogens is 146 g/mol. The van der Waals surface area contributed by atoms with E-state index < -0.39 is 0 Å². The van der Waals surface area contributed by atoms with Crippen LogP contribution in [0, 0.1) is 12.7 Å². The van der Waals surface area contributed by atoms with Gasteiger partial charge in [0.2, 0.25) is 0 Å². The Kier molecular flexibility index (Phi) is 2.49. The highest BCUT2D eigenvalue weighted by Crippen LogP contribution is 2.14. The molecule has 4 heteroatoms. The summed E-state index contributed by atoms with van der Waals surface area (Å²) in [5, 5.41) is 8.24. The van der Waals surface area contributed by atoms with E-state index in [2.05, 4.69) is 4.65 Å². The first-order chi connectivity index (χ1) is 5.24. The highest BCUT2D eigenvalue weighted by molar-refractivity contribution is 6.17. The monoisotopic (exact) mass is 153 g/mol. The third-order valence-corrected chi connectivity index (χ3v) is 1.32. The zero-order chi connectivity index (χ0) is 8.27. The maximum Gasteiger partial charge on any atom is 0.569 e. The highest BCUT2D eigenvalue weighted by atomic mass is 19.1. The van der Waals surface area contributed by atoms with Crippen LogP contribution in [-0.2, 0) is 0 Å². The van der Waals surface area contributed by atoms with Crippen molar-refractivity contribution in [3.63, 3.8) is 0 Å². The van der Waals surface area contributed by atoms with Gasteiger partial charge in [0.1, 0.15) is 11.6 Å². The first-order valence-electron chi connectivity index (χ1n) is 3.13. The van der Waals surface area contributed by atoms with Crippen LogP contribution in [0.1, 0.15) is 5.56 Å². The van der Waals surface area contributed by atoms with Crippen molar-refractivity contribution < 1.29 is 14.1 Å². The van der Waals surface area contributed by atoms with Gasteiger partial charge in [-0.25, -0.2) is 4.39 Å². The average Bonchev–Trinajstić information content (AvgIpc) is 1.98. The summed E-state index contributed by atoms with van der Waals surface area (Å²) < 4.78 is 17.2. The first-order valence-corrected chi connectivity index (χ1v) is 3.13. The summed E-state index contributed by atoms with van der Waals surface area (Å²) in [7, 11) is 0.562. The van der Waals surface area contributed by atoms with Crippen molar-refractivity contribution in [3.8, 4) is 5.75 Å². The van der Waals surface area contributed by atoms with Gasteiger partial charge in [0.15, 0.2) is 0 Å². The molecule has 1 radical (unpaired) electrons. The molecule has 1 rings (SSSR count). The summed E-state index contributed by atoms with van der Waals surface area (Å²) in [4.78, 5) is 0. The van der Waals surface area contributed by atoms with E-state index in [1.54, 1.807) is 6.92 Å². The summed E-state index contributed by atoms with van der Waals surface area (Å²) in [6.07, 6.45) is 0. The van der Waals surface area contributed by atoms with Gasteiger partial charge in [0, 0.05) is 0 Å². The summed E-state index contributed by atoms with van der Waals surface area (Å²) in [5.74, 6) is 0.140. The van der Waals surface area contributed by atoms with Crippen LogP contribution in [0.5, 0.6) is 5.75 Å². The van der Waals surface area contributed by atoms with Crippen molar-refractivity contribution in [1.29, 1.82) is 0 Å². The molecule has 0 amide bonds. The minimum atomic E-state index is -0.282. The standard InChI is InChI=1S/C7H7BFO2/c1-5-4-6(11-8-10)2-3-7(5)9/h2-4,10H,1H3. The molecule has 0 aliphatic carbocycles. The van der Waals surface area contributed by atoms with Gasteiger partial charge >= 0.3 is 7.69 Å². The van der Waals surface area contributed by atoms with Gasteiger partial charge in [-0.3, -0.25) is 0 Å². The van der Waals surface area contributed by atoms with Crippen LogP contribution in [0.2, 0.25) is 0 Å². The molecule has 0 aliphatic heterocycles. The van der Waals surface area contributed by atoms with Gasteiger partial charge in [-0.05, 0) is 30.7 Å². The minimum absolute atomic E-state index is 0.282. The second kappa shape index (κ2) is 3.39. The van der Waals surface area contributed by atoms with Gasteiger partial charge in [-0.2, -0.15) is 0 Å². The first kappa shape index (κ1) is 8.08. The molecule has 0 atom stereocenters. The number of aryl methyl sites for hydroxylation is 1. The molecule has 1 aromatic carbocycles. The van der Waals surface area contributed by atoms with E-state index in [1.807, 2.05) is 0 Å². The molecule has 0 saturated heterocycles. The molecule has 0 fully saturated rings. The van der Waals surface area contributed by atoms with Crippen molar-refractivity contribution in [2.24, 2.45) is 0 Å². The third-order valence-electron chi connectivity index (χ3n) is 1.32. The zero-order valence-electron chi connectivity index (χ0n) is 6.04. The number of rotatable bonds is 2. The Morgan fingerprint density at radius 2 is 2.27 bits per heavy atom. The summed E-state index contributed by atoms with van der Waals surface area (Å²) in [6, 6.07) is 4.23. The molecular formula is C7H7BFO2. The van der Waals surface area contributed by atoms with E-state index in [4.69, 9.17) is 5.02 Å². The molecule has 1 N–H and O–H groups in total. The van der Waals surface area contributed by atoms with Crippen LogP contribution in [0.4, 0.5) is 4.39 Å². The second-order valence-corrected chi connectivity index (χ2v) is 2.13. The molecule has 0 unspecified atom stereocenters. The molecule has 0 aromatic heterocycles. The molecule has 0 bridgehead atoms. The SMILES string of the molecule is Cc1cc(O[B]O)ccc1F. The number of hydrogen-bond acceptors (Lipinski definition) is 2. The van der Waals surface area contributed by atoms with Crippen LogP contribution in [0.25, 0.3) is 0 Å². The number of benzene rings is 1. The van der Waals surface area contributed by atoms with Crippen molar-refractivity contribution in [3.05, 3.63) is 29.6 Å². The summed E-state index contributed by atoms with van der Waals surface area (Å²) in [6.45, 7) is 1.62. The molecule has 0 saturated carbocycles. The Labute approximate surface area is 64.9 Å². The lowest BCUT2D eigenvalue weighted by molar-refractivity contribution is 0.452. The van der Waals surface area contributed by atoms with Crippen molar-refractivity contribution in [2.45, 2.75) is 6.92 Å². The van der Waals surface area contributed by atoms with Gasteiger partial charge in [-0.15, -0.1) is 0 Å². The highest BCUT2D eigenvalue weighted by Gasteiger charge is 1.98. The van der Waals surface area contributed by atoms with Crippen molar-refractivity contribution in [1.82, 2.24) is 0 Å². The number of halogens is 1. The lowest BCUT2D eigenvalue weighted by Gasteiger charge is -2.02. The van der Waals surface area contributed by atoms with Crippen LogP contribution in [-0.4, -0.2) is 12.7 Å². The lowest BCUT2D eigenvalue weighted by atomic mass is 10.2. The van der Waals surface area contributed by atoms with Crippen LogP contribution >= 0.6 is 0 Å². The summed E-state index contributed by atoms with van der Waals surface area (Å²) >= 11 is 0. The van der Waals surface area contributed by atoms with E-state index in [0.29, 0.717) is 19.0 Å². The van der Waals surface area contributed by atoms with Crippen molar-refractivity contribution >= 4 is 7.69 Å². The quantitative estimate of drug-likeness (QED) is 0.643. The van der Waals surface area contributed by atoms with E-state index in [0.717, 1.165) is 0 Å². The Bertz CT molecular complexity index is 252. The van der Waals surface area contributed by atoms with Crippen LogP contribution in [0.3, 0.4) is 0 Å². The summed E-state index contributed by atoms with van der Waals surface area (Å²) in [5.41, 5.74) is 0.490. The molecule has 11 heavy (non-hydrogen) atoms. The molecule has 2 nitrogen and oxygen atoms in total. The Balaban J connectivity index is 2.86. The second-order valence-electron chi connectivity index (χ2n) is 2.13. The van der Waals surface area contributed by atoms with Crippen LogP contribution in [0.15, 0.2) is 18.2 Å². The Morgan fingerprint density at radius 3 is 2.82 bits per heavy atom. The average molecular weight is 153 g/mol. The van der Waals surface area contributed by atoms with Gasteiger partial charge < -0.3 is 9.68 Å². The van der Waals surface area contributed by atoms with E-state index in [-0.39, 0.29) is 5.82 Å². The minimum Gasteiger partial charge on any atom is -0.537 e. The van der Waals surface area contributed by atoms with E-state index in [1.165, 1.54) is 18.2 Å². The normalized spacial score (nSPS) is 9.36. The Hall–Kier alpha value is -1.03. The fourth-order valence-electron chi connectivity index (χ4n) is 0.751. The molecule has 0 heterocycles. The maximum absolute atomic E-state index is 12.6. The van der Waals surface area contributed by atoms with Crippen molar-refractivity contribution in [2.75, 3.05) is 0 Å². The molecule has 0 aliphatic rings. The largest absolute Gasteiger partial charge is 0.569 e. The van der Waals surface area contributed by atoms with E-state index in [9.17, 15) is 4.39 Å². The maximum atomic E-state index is 12.6. The van der Waals surface area contributed by atoms with Gasteiger partial charge in [0.25, 0.3) is 0 Å². The zero-order valence-corrected chi connectivity index (χ0v) is 6.04. The predicted octanol–water partition coefficient (Wildman–Crippen LogP) is 1.04. The lowest BCUT2D eigenvalue weighted by Crippen LogP contribution is -2.00. The van der Waals surface area contributed by atoms with Crippen LogP contribution < -0.4 is 4.65 Å².